The second kappa shape index (κ2) is 6.02. The average molecular weight is 263 g/mol. The number of carbonyl (C=O) groups excluding carboxylic acids is 1. The summed E-state index contributed by atoms with van der Waals surface area (Å²) >= 11 is 0. The van der Waals surface area contributed by atoms with Crippen molar-refractivity contribution >= 4 is 5.78 Å². The van der Waals surface area contributed by atoms with Crippen LogP contribution in [0.4, 0.5) is 0 Å². The molecule has 0 aliphatic heterocycles. The fraction of sp³-hybridized carbons (Fsp3) is 0.571. The number of methoxy groups -OCH3 is 1. The Labute approximate surface area is 113 Å². The number of ether oxygens (including phenoxy) is 1. The topological polar surface area (TPSA) is 47.4 Å². The maximum absolute atomic E-state index is 12.2. The van der Waals surface area contributed by atoms with Gasteiger partial charge in [-0.1, -0.05) is 0 Å². The molecule has 1 aliphatic carbocycles. The zero-order valence-electron chi connectivity index (χ0n) is 11.8. The minimum absolute atomic E-state index is 0.00421. The van der Waals surface area contributed by atoms with E-state index < -0.39 is 0 Å². The van der Waals surface area contributed by atoms with Crippen LogP contribution in [0.1, 0.15) is 41.6 Å². The van der Waals surface area contributed by atoms with Gasteiger partial charge in [0, 0.05) is 39.5 Å². The Bertz CT molecular complexity index is 473. The van der Waals surface area contributed by atoms with E-state index in [0.717, 1.165) is 18.7 Å². The Morgan fingerprint density at radius 2 is 2.32 bits per heavy atom. The van der Waals surface area contributed by atoms with E-state index in [1.807, 2.05) is 19.0 Å². The molecule has 0 atom stereocenters. The van der Waals surface area contributed by atoms with E-state index in [4.69, 9.17) is 4.74 Å². The van der Waals surface area contributed by atoms with E-state index >= 15 is 0 Å². The average Bonchev–Trinajstić information content (AvgIpc) is 2.69. The molecule has 0 amide bonds. The summed E-state index contributed by atoms with van der Waals surface area (Å²) in [5.41, 5.74) is 0.662. The number of allylic oxidation sites excluding steroid dienone is 1. The first kappa shape index (κ1) is 13.8. The summed E-state index contributed by atoms with van der Waals surface area (Å²) in [5, 5.41) is 0. The van der Waals surface area contributed by atoms with Crippen LogP contribution in [0.3, 0.4) is 0 Å². The predicted molar refractivity (Wildman–Crippen MR) is 73.0 cm³/mol. The van der Waals surface area contributed by atoms with Crippen molar-refractivity contribution < 1.29 is 9.53 Å². The molecule has 1 heterocycles. The maximum atomic E-state index is 12.2. The largest absolute Gasteiger partial charge is 0.383 e. The standard InChI is InChI=1S/C14H21N3O2/c1-16(2)8-7-13(18)12-9-15-14(10-19-3)17(12)11-5-4-6-11/h7-9,11H,4-6,10H2,1-3H3. The van der Waals surface area contributed by atoms with Crippen LogP contribution in [0.25, 0.3) is 0 Å². The minimum atomic E-state index is -0.00421. The summed E-state index contributed by atoms with van der Waals surface area (Å²) in [6, 6.07) is 0.402. The van der Waals surface area contributed by atoms with Crippen molar-refractivity contribution in [1.82, 2.24) is 14.5 Å². The monoisotopic (exact) mass is 263 g/mol. The molecule has 5 nitrogen and oxygen atoms in total. The molecule has 2 rings (SSSR count). The first-order valence-electron chi connectivity index (χ1n) is 6.57. The molecule has 0 saturated heterocycles. The molecule has 0 radical (unpaired) electrons. The van der Waals surface area contributed by atoms with E-state index in [-0.39, 0.29) is 5.78 Å². The van der Waals surface area contributed by atoms with Gasteiger partial charge in [0.05, 0.1) is 6.20 Å². The second-order valence-electron chi connectivity index (χ2n) is 5.09. The van der Waals surface area contributed by atoms with Gasteiger partial charge in [0.25, 0.3) is 0 Å². The number of rotatable bonds is 6. The number of ketones is 1. The van der Waals surface area contributed by atoms with E-state index in [0.29, 0.717) is 18.3 Å². The Kier molecular flexibility index (Phi) is 4.37. The van der Waals surface area contributed by atoms with Crippen molar-refractivity contribution in [2.75, 3.05) is 21.2 Å². The Morgan fingerprint density at radius 1 is 1.58 bits per heavy atom. The molecular formula is C14H21N3O2. The van der Waals surface area contributed by atoms with Gasteiger partial charge in [0.2, 0.25) is 5.78 Å². The van der Waals surface area contributed by atoms with E-state index in [1.165, 1.54) is 6.42 Å². The van der Waals surface area contributed by atoms with Crippen LogP contribution in [-0.2, 0) is 11.3 Å². The lowest BCUT2D eigenvalue weighted by molar-refractivity contribution is 0.102. The van der Waals surface area contributed by atoms with Crippen molar-refractivity contribution in [3.63, 3.8) is 0 Å². The van der Waals surface area contributed by atoms with Gasteiger partial charge in [-0.2, -0.15) is 0 Å². The quantitative estimate of drug-likeness (QED) is 0.582. The highest BCUT2D eigenvalue weighted by Gasteiger charge is 2.26. The van der Waals surface area contributed by atoms with Crippen LogP contribution >= 0.6 is 0 Å². The summed E-state index contributed by atoms with van der Waals surface area (Å²) in [5.74, 6) is 0.837. The van der Waals surface area contributed by atoms with Crippen LogP contribution in [0.2, 0.25) is 0 Å². The summed E-state index contributed by atoms with van der Waals surface area (Å²) < 4.78 is 7.21. The van der Waals surface area contributed by atoms with Crippen molar-refractivity contribution in [3.05, 3.63) is 30.0 Å². The highest BCUT2D eigenvalue weighted by atomic mass is 16.5. The van der Waals surface area contributed by atoms with Crippen molar-refractivity contribution in [2.24, 2.45) is 0 Å². The number of carbonyl (C=O) groups is 1. The molecule has 104 valence electrons. The summed E-state index contributed by atoms with van der Waals surface area (Å²) in [4.78, 5) is 18.4. The Balaban J connectivity index is 2.26. The van der Waals surface area contributed by atoms with Gasteiger partial charge in [-0.15, -0.1) is 0 Å². The molecule has 0 aromatic carbocycles. The highest BCUT2D eigenvalue weighted by Crippen LogP contribution is 2.34. The van der Waals surface area contributed by atoms with Crippen LogP contribution in [0.5, 0.6) is 0 Å². The zero-order chi connectivity index (χ0) is 13.8. The SMILES string of the molecule is COCc1ncc(C(=O)C=CN(C)C)n1C1CCC1. The molecule has 0 bridgehead atoms. The van der Waals surface area contributed by atoms with Gasteiger partial charge in [0.1, 0.15) is 18.1 Å². The Morgan fingerprint density at radius 3 is 2.84 bits per heavy atom. The summed E-state index contributed by atoms with van der Waals surface area (Å²) in [6.45, 7) is 0.446. The molecule has 0 spiro atoms. The summed E-state index contributed by atoms with van der Waals surface area (Å²) in [7, 11) is 5.43. The van der Waals surface area contributed by atoms with Gasteiger partial charge in [-0.25, -0.2) is 4.98 Å². The first-order valence-corrected chi connectivity index (χ1v) is 6.57. The highest BCUT2D eigenvalue weighted by molar-refractivity contribution is 6.03. The van der Waals surface area contributed by atoms with Gasteiger partial charge < -0.3 is 14.2 Å². The van der Waals surface area contributed by atoms with Crippen LogP contribution in [0.15, 0.2) is 18.5 Å². The molecular weight excluding hydrogens is 242 g/mol. The lowest BCUT2D eigenvalue weighted by Gasteiger charge is -2.29. The predicted octanol–water partition coefficient (Wildman–Crippen LogP) is 2.01. The smallest absolute Gasteiger partial charge is 0.205 e. The lowest BCUT2D eigenvalue weighted by atomic mass is 9.92. The molecule has 19 heavy (non-hydrogen) atoms. The number of hydrogen-bond donors (Lipinski definition) is 0. The molecule has 5 heteroatoms. The number of imidazole rings is 1. The van der Waals surface area contributed by atoms with Gasteiger partial charge in [-0.05, 0) is 19.3 Å². The fourth-order valence-corrected chi connectivity index (χ4v) is 2.17. The van der Waals surface area contributed by atoms with Crippen LogP contribution in [-0.4, -0.2) is 41.4 Å². The third-order valence-electron chi connectivity index (χ3n) is 3.36. The van der Waals surface area contributed by atoms with Gasteiger partial charge >= 0.3 is 0 Å². The second-order valence-corrected chi connectivity index (χ2v) is 5.09. The third-order valence-corrected chi connectivity index (χ3v) is 3.36. The number of aromatic nitrogens is 2. The third kappa shape index (κ3) is 3.04. The van der Waals surface area contributed by atoms with Crippen molar-refractivity contribution in [2.45, 2.75) is 31.9 Å². The Hall–Kier alpha value is -1.62. The molecule has 0 unspecified atom stereocenters. The molecule has 1 aromatic rings. The number of hydrogen-bond acceptors (Lipinski definition) is 4. The van der Waals surface area contributed by atoms with E-state index in [2.05, 4.69) is 9.55 Å². The molecule has 1 aromatic heterocycles. The number of nitrogens with zero attached hydrogens (tertiary/aromatic N) is 3. The normalized spacial score (nSPS) is 15.7. The van der Waals surface area contributed by atoms with E-state index in [9.17, 15) is 4.79 Å². The van der Waals surface area contributed by atoms with Crippen LogP contribution in [0, 0.1) is 0 Å². The van der Waals surface area contributed by atoms with Crippen molar-refractivity contribution in [1.29, 1.82) is 0 Å². The van der Waals surface area contributed by atoms with E-state index in [1.54, 1.807) is 25.6 Å². The van der Waals surface area contributed by atoms with Crippen molar-refractivity contribution in [3.8, 4) is 0 Å². The minimum Gasteiger partial charge on any atom is -0.383 e. The van der Waals surface area contributed by atoms with Gasteiger partial charge in [0.15, 0.2) is 0 Å². The zero-order valence-corrected chi connectivity index (χ0v) is 11.8. The maximum Gasteiger partial charge on any atom is 0.205 e. The van der Waals surface area contributed by atoms with Gasteiger partial charge in [-0.3, -0.25) is 4.79 Å². The molecule has 1 saturated carbocycles. The first-order chi connectivity index (χ1) is 9.13. The summed E-state index contributed by atoms with van der Waals surface area (Å²) in [6.07, 6.45) is 8.46. The fourth-order valence-electron chi connectivity index (χ4n) is 2.17. The molecule has 1 fully saturated rings. The molecule has 1 aliphatic rings. The molecule has 0 N–H and O–H groups in total. The van der Waals surface area contributed by atoms with Crippen LogP contribution < -0.4 is 0 Å². The lowest BCUT2D eigenvalue weighted by Crippen LogP contribution is -2.23.